The summed E-state index contributed by atoms with van der Waals surface area (Å²) in [6, 6.07) is 6.05. The average molecular weight is 298 g/mol. The Kier molecular flexibility index (Phi) is 3.28. The number of ether oxygens (including phenoxy) is 1. The second-order valence-electron chi connectivity index (χ2n) is 6.42. The first-order chi connectivity index (χ1) is 10.4. The van der Waals surface area contributed by atoms with Crippen LogP contribution in [-0.4, -0.2) is 21.3 Å². The number of aromatic nitrogens is 2. The van der Waals surface area contributed by atoms with Gasteiger partial charge in [0.1, 0.15) is 17.2 Å². The summed E-state index contributed by atoms with van der Waals surface area (Å²) in [6.45, 7) is 5.36. The van der Waals surface area contributed by atoms with Crippen LogP contribution in [0.2, 0.25) is 0 Å². The van der Waals surface area contributed by atoms with Crippen LogP contribution < -0.4 is 5.32 Å². The van der Waals surface area contributed by atoms with Gasteiger partial charge in [0, 0.05) is 5.69 Å². The highest BCUT2D eigenvalue weighted by Gasteiger charge is 2.23. The normalized spacial score (nSPS) is 13.7. The maximum absolute atomic E-state index is 11.9. The molecule has 0 saturated carbocycles. The number of rotatable bonds is 1. The summed E-state index contributed by atoms with van der Waals surface area (Å²) >= 11 is 0. The molecular weight excluding hydrogens is 280 g/mol. The third-order valence-corrected chi connectivity index (χ3v) is 3.58. The fourth-order valence-corrected chi connectivity index (χ4v) is 2.74. The van der Waals surface area contributed by atoms with Gasteiger partial charge in [0.25, 0.3) is 0 Å². The van der Waals surface area contributed by atoms with Gasteiger partial charge in [0.2, 0.25) is 0 Å². The summed E-state index contributed by atoms with van der Waals surface area (Å²) in [5, 5.41) is 16.4. The van der Waals surface area contributed by atoms with Crippen molar-refractivity contribution in [3.05, 3.63) is 29.0 Å². The molecule has 114 valence electrons. The van der Waals surface area contributed by atoms with E-state index < -0.39 is 11.7 Å². The minimum absolute atomic E-state index is 0.247. The van der Waals surface area contributed by atoms with Gasteiger partial charge >= 0.3 is 6.09 Å². The van der Waals surface area contributed by atoms with E-state index in [1.807, 2.05) is 12.1 Å². The van der Waals surface area contributed by atoms with Crippen molar-refractivity contribution in [2.75, 3.05) is 5.32 Å². The molecule has 0 bridgehead atoms. The third-order valence-electron chi connectivity index (χ3n) is 3.58. The van der Waals surface area contributed by atoms with E-state index >= 15 is 0 Å². The number of carbonyl (C=O) groups is 1. The van der Waals surface area contributed by atoms with E-state index in [0.717, 1.165) is 25.0 Å². The van der Waals surface area contributed by atoms with Gasteiger partial charge < -0.3 is 4.74 Å². The van der Waals surface area contributed by atoms with Crippen molar-refractivity contribution in [3.8, 4) is 6.07 Å². The molecular formula is C16H18N4O2. The molecule has 0 saturated heterocycles. The minimum atomic E-state index is -0.607. The second kappa shape index (κ2) is 5.02. The van der Waals surface area contributed by atoms with Crippen LogP contribution in [0.1, 0.15) is 44.0 Å². The van der Waals surface area contributed by atoms with Crippen LogP contribution in [-0.2, 0) is 17.6 Å². The van der Waals surface area contributed by atoms with Crippen LogP contribution in [0.15, 0.2) is 12.1 Å². The van der Waals surface area contributed by atoms with Crippen molar-refractivity contribution in [1.29, 1.82) is 5.26 Å². The summed E-state index contributed by atoms with van der Waals surface area (Å²) < 4.78 is 6.99. The number of fused-ring (bicyclic) bond motifs is 3. The molecule has 22 heavy (non-hydrogen) atoms. The molecule has 1 amide bonds. The zero-order valence-corrected chi connectivity index (χ0v) is 12.9. The van der Waals surface area contributed by atoms with E-state index in [1.165, 1.54) is 5.56 Å². The number of anilines is 1. The Morgan fingerprint density at radius 2 is 2.18 bits per heavy atom. The Bertz CT molecular complexity index is 793. The van der Waals surface area contributed by atoms with E-state index in [4.69, 9.17) is 4.74 Å². The zero-order valence-electron chi connectivity index (χ0n) is 12.9. The molecule has 0 aliphatic heterocycles. The fourth-order valence-electron chi connectivity index (χ4n) is 2.74. The van der Waals surface area contributed by atoms with Gasteiger partial charge in [-0.15, -0.1) is 5.10 Å². The van der Waals surface area contributed by atoms with Crippen LogP contribution in [0.25, 0.3) is 5.52 Å². The highest BCUT2D eigenvalue weighted by molar-refractivity contribution is 5.88. The molecule has 1 aliphatic rings. The number of nitrogens with one attached hydrogen (secondary N) is 1. The van der Waals surface area contributed by atoms with Crippen LogP contribution in [0.3, 0.4) is 0 Å². The van der Waals surface area contributed by atoms with E-state index in [1.54, 1.807) is 25.3 Å². The molecule has 6 nitrogen and oxygen atoms in total. The molecule has 0 spiro atoms. The fraction of sp³-hybridized carbons (Fsp3) is 0.438. The first kappa shape index (κ1) is 14.4. The molecule has 0 fully saturated rings. The zero-order chi connectivity index (χ0) is 15.9. The number of hydrogen-bond donors (Lipinski definition) is 1. The van der Waals surface area contributed by atoms with Crippen molar-refractivity contribution in [2.45, 2.75) is 45.6 Å². The van der Waals surface area contributed by atoms with Crippen molar-refractivity contribution < 1.29 is 9.53 Å². The molecule has 0 unspecified atom stereocenters. The van der Waals surface area contributed by atoms with Crippen molar-refractivity contribution in [2.24, 2.45) is 0 Å². The lowest BCUT2D eigenvalue weighted by Crippen LogP contribution is -2.27. The summed E-state index contributed by atoms with van der Waals surface area (Å²) in [6.07, 6.45) is 2.45. The molecule has 6 heteroatoms. The smallest absolute Gasteiger partial charge is 0.413 e. The van der Waals surface area contributed by atoms with Crippen LogP contribution in [0, 0.1) is 11.3 Å². The van der Waals surface area contributed by atoms with Crippen molar-refractivity contribution >= 4 is 17.4 Å². The Hall–Kier alpha value is -2.55. The molecule has 3 rings (SSSR count). The summed E-state index contributed by atoms with van der Waals surface area (Å²) in [5.74, 6) is 0.247. The largest absolute Gasteiger partial charge is 0.444 e. The van der Waals surface area contributed by atoms with E-state index in [2.05, 4.69) is 16.5 Å². The van der Waals surface area contributed by atoms with Gasteiger partial charge in [-0.05, 0) is 51.7 Å². The maximum atomic E-state index is 11.9. The maximum Gasteiger partial charge on any atom is 0.413 e. The molecule has 2 aromatic rings. The highest BCUT2D eigenvalue weighted by Crippen LogP contribution is 2.27. The summed E-state index contributed by atoms with van der Waals surface area (Å²) in [7, 11) is 0. The third kappa shape index (κ3) is 2.50. The van der Waals surface area contributed by atoms with Crippen LogP contribution in [0.5, 0.6) is 0 Å². The predicted molar refractivity (Wildman–Crippen MR) is 81.8 cm³/mol. The lowest BCUT2D eigenvalue weighted by molar-refractivity contribution is 0.0635. The Morgan fingerprint density at radius 1 is 1.41 bits per heavy atom. The van der Waals surface area contributed by atoms with E-state index in [0.29, 0.717) is 11.1 Å². The van der Waals surface area contributed by atoms with Crippen molar-refractivity contribution in [3.63, 3.8) is 0 Å². The first-order valence-corrected chi connectivity index (χ1v) is 7.32. The molecule has 2 heterocycles. The van der Waals surface area contributed by atoms with E-state index in [-0.39, 0.29) is 5.82 Å². The Balaban J connectivity index is 2.00. The highest BCUT2D eigenvalue weighted by atomic mass is 16.6. The van der Waals surface area contributed by atoms with Gasteiger partial charge in [-0.2, -0.15) is 5.26 Å². The van der Waals surface area contributed by atoms with Gasteiger partial charge in [0.15, 0.2) is 5.82 Å². The number of hydrogen-bond acceptors (Lipinski definition) is 4. The second-order valence-corrected chi connectivity index (χ2v) is 6.42. The number of amides is 1. The minimum Gasteiger partial charge on any atom is -0.444 e. The quantitative estimate of drug-likeness (QED) is 0.877. The Labute approximate surface area is 128 Å². The topological polar surface area (TPSA) is 79.4 Å². The summed E-state index contributed by atoms with van der Waals surface area (Å²) in [5.41, 5.74) is 2.85. The summed E-state index contributed by atoms with van der Waals surface area (Å²) in [4.78, 5) is 11.9. The number of pyridine rings is 1. The Morgan fingerprint density at radius 3 is 2.86 bits per heavy atom. The molecule has 2 aromatic heterocycles. The van der Waals surface area contributed by atoms with Gasteiger partial charge in [-0.1, -0.05) is 6.07 Å². The standard InChI is InChI=1S/C16H18N4O2/c1-16(2,3)22-15(21)18-14-11(9-17)13-8-7-10-5-4-6-12(10)20(13)19-14/h7-8H,4-6H2,1-3H3,(H,18,19,21). The molecule has 0 atom stereocenters. The number of carbonyl (C=O) groups excluding carboxylic acids is 1. The molecule has 0 aromatic carbocycles. The first-order valence-electron chi connectivity index (χ1n) is 7.32. The number of aryl methyl sites for hydroxylation is 2. The molecule has 0 radical (unpaired) electrons. The van der Waals surface area contributed by atoms with Crippen LogP contribution in [0.4, 0.5) is 10.6 Å². The van der Waals surface area contributed by atoms with Gasteiger partial charge in [-0.3, -0.25) is 5.32 Å². The van der Waals surface area contributed by atoms with E-state index in [9.17, 15) is 10.1 Å². The lowest BCUT2D eigenvalue weighted by atomic mass is 10.2. The SMILES string of the molecule is CC(C)(C)OC(=O)Nc1nn2c3c(ccc2c1C#N)CCC3. The predicted octanol–water partition coefficient (Wildman–Crippen LogP) is 3.04. The molecule has 1 N–H and O–H groups in total. The van der Waals surface area contributed by atoms with Gasteiger partial charge in [0.05, 0.1) is 5.52 Å². The van der Waals surface area contributed by atoms with Crippen molar-refractivity contribution in [1.82, 2.24) is 9.61 Å². The monoisotopic (exact) mass is 298 g/mol. The number of nitrogens with zero attached hydrogens (tertiary/aromatic N) is 3. The lowest BCUT2D eigenvalue weighted by Gasteiger charge is -2.19. The molecule has 1 aliphatic carbocycles. The van der Waals surface area contributed by atoms with Gasteiger partial charge in [-0.25, -0.2) is 9.31 Å². The van der Waals surface area contributed by atoms with Crippen LogP contribution >= 0.6 is 0 Å². The average Bonchev–Trinajstić information content (AvgIpc) is 2.98. The number of nitriles is 1.